The summed E-state index contributed by atoms with van der Waals surface area (Å²) in [7, 11) is 2.94. The summed E-state index contributed by atoms with van der Waals surface area (Å²) >= 11 is 0. The number of rotatable bonds is 4. The van der Waals surface area contributed by atoms with Crippen LogP contribution in [0.2, 0.25) is 0 Å². The summed E-state index contributed by atoms with van der Waals surface area (Å²) in [4.78, 5) is 38.3. The molecule has 0 saturated carbocycles. The molecule has 0 radical (unpaired) electrons. The zero-order chi connectivity index (χ0) is 24.5. The zero-order valence-electron chi connectivity index (χ0n) is 20.1. The van der Waals surface area contributed by atoms with Crippen LogP contribution in [0.3, 0.4) is 0 Å². The molecule has 0 N–H and O–H groups in total. The fraction of sp³-hybridized carbons (Fsp3) is 0.385. The Morgan fingerprint density at radius 2 is 2.06 bits per heavy atom. The number of methoxy groups -OCH3 is 2. The molecule has 9 heteroatoms. The molecule has 35 heavy (non-hydrogen) atoms. The maximum Gasteiger partial charge on any atom is 0.356 e. The quantitative estimate of drug-likeness (QED) is 0.531. The SMILES string of the molecule is CCc1cc2cc3c(cc2nc1OC)C(=O)N1CCN(c2ccc(C(=O)OC)nc2)CC1CCO3. The molecule has 5 rings (SSSR count). The minimum atomic E-state index is -0.464. The van der Waals surface area contributed by atoms with Gasteiger partial charge in [0.2, 0.25) is 5.88 Å². The number of esters is 1. The molecule has 1 atom stereocenters. The van der Waals surface area contributed by atoms with E-state index in [-0.39, 0.29) is 17.6 Å². The molecule has 1 fully saturated rings. The van der Waals surface area contributed by atoms with E-state index < -0.39 is 5.97 Å². The lowest BCUT2D eigenvalue weighted by atomic mass is 10.0. The number of carbonyl (C=O) groups is 2. The minimum Gasteiger partial charge on any atom is -0.493 e. The minimum absolute atomic E-state index is 0.00894. The van der Waals surface area contributed by atoms with Crippen molar-refractivity contribution in [2.45, 2.75) is 25.8 Å². The van der Waals surface area contributed by atoms with Gasteiger partial charge in [-0.1, -0.05) is 6.92 Å². The van der Waals surface area contributed by atoms with Gasteiger partial charge in [0.05, 0.1) is 49.8 Å². The summed E-state index contributed by atoms with van der Waals surface area (Å²) in [5, 5.41) is 0.930. The van der Waals surface area contributed by atoms with Gasteiger partial charge in [-0.15, -0.1) is 0 Å². The van der Waals surface area contributed by atoms with Gasteiger partial charge in [0.25, 0.3) is 5.91 Å². The van der Waals surface area contributed by atoms with Crippen LogP contribution in [0.1, 0.15) is 39.8 Å². The molecule has 1 saturated heterocycles. The summed E-state index contributed by atoms with van der Waals surface area (Å²) < 4.78 is 16.3. The molecule has 0 bridgehead atoms. The van der Waals surface area contributed by atoms with Crippen molar-refractivity contribution >= 4 is 28.5 Å². The molecular formula is C26H28N4O5. The van der Waals surface area contributed by atoms with Crippen molar-refractivity contribution in [3.05, 3.63) is 53.3 Å². The second-order valence-corrected chi connectivity index (χ2v) is 8.68. The van der Waals surface area contributed by atoms with Gasteiger partial charge in [-0.2, -0.15) is 0 Å². The first-order valence-electron chi connectivity index (χ1n) is 11.8. The highest BCUT2D eigenvalue weighted by atomic mass is 16.5. The van der Waals surface area contributed by atoms with Crippen molar-refractivity contribution < 1.29 is 23.8 Å². The summed E-state index contributed by atoms with van der Waals surface area (Å²) in [5.41, 5.74) is 3.43. The Labute approximate surface area is 203 Å². The van der Waals surface area contributed by atoms with Crippen LogP contribution in [-0.4, -0.2) is 73.2 Å². The summed E-state index contributed by atoms with van der Waals surface area (Å²) in [6.45, 7) is 4.46. The van der Waals surface area contributed by atoms with Gasteiger partial charge < -0.3 is 24.0 Å². The number of carbonyl (C=O) groups excluding carboxylic acids is 2. The maximum atomic E-state index is 13.6. The van der Waals surface area contributed by atoms with E-state index in [1.165, 1.54) is 7.11 Å². The Balaban J connectivity index is 1.41. The number of amides is 1. The Morgan fingerprint density at radius 3 is 2.77 bits per heavy atom. The number of pyridine rings is 2. The van der Waals surface area contributed by atoms with E-state index in [9.17, 15) is 9.59 Å². The molecule has 2 aromatic heterocycles. The third-order valence-corrected chi connectivity index (χ3v) is 6.72. The zero-order valence-corrected chi connectivity index (χ0v) is 20.1. The summed E-state index contributed by atoms with van der Waals surface area (Å²) in [6, 6.07) is 9.30. The number of aromatic nitrogens is 2. The van der Waals surface area contributed by atoms with Crippen molar-refractivity contribution in [1.82, 2.24) is 14.9 Å². The number of ether oxygens (including phenoxy) is 3. The molecule has 3 aromatic rings. The van der Waals surface area contributed by atoms with Crippen LogP contribution in [0, 0.1) is 0 Å². The Hall–Kier alpha value is -3.88. The molecule has 2 aliphatic rings. The molecule has 1 amide bonds. The van der Waals surface area contributed by atoms with Crippen molar-refractivity contribution in [3.8, 4) is 11.6 Å². The normalized spacial score (nSPS) is 17.7. The van der Waals surface area contributed by atoms with Crippen LogP contribution >= 0.6 is 0 Å². The van der Waals surface area contributed by atoms with E-state index in [0.29, 0.717) is 55.4 Å². The van der Waals surface area contributed by atoms with Gasteiger partial charge in [0.15, 0.2) is 0 Å². The lowest BCUT2D eigenvalue weighted by Crippen LogP contribution is -2.56. The van der Waals surface area contributed by atoms with Crippen molar-refractivity contribution in [2.24, 2.45) is 0 Å². The Bertz CT molecular complexity index is 1280. The average Bonchev–Trinajstić information content (AvgIpc) is 2.90. The topological polar surface area (TPSA) is 94.1 Å². The standard InChI is InChI=1S/C26H28N4O5/c1-4-16-11-17-12-23-20(13-22(17)28-24(16)33-2)25(31)30-9-8-29(15-19(30)7-10-35-23)18-5-6-21(27-14-18)26(32)34-3/h5-6,11-14,19H,4,7-10,15H2,1-3H3. The van der Waals surface area contributed by atoms with Gasteiger partial charge in [0, 0.05) is 37.0 Å². The van der Waals surface area contributed by atoms with Gasteiger partial charge in [0.1, 0.15) is 11.4 Å². The van der Waals surface area contributed by atoms with Crippen molar-refractivity contribution in [2.75, 3.05) is 45.4 Å². The molecule has 182 valence electrons. The molecule has 9 nitrogen and oxygen atoms in total. The smallest absolute Gasteiger partial charge is 0.356 e. The van der Waals surface area contributed by atoms with E-state index in [2.05, 4.69) is 27.9 Å². The van der Waals surface area contributed by atoms with Crippen LogP contribution in [-0.2, 0) is 11.2 Å². The number of anilines is 1. The second kappa shape index (κ2) is 9.40. The Kier molecular flexibility index (Phi) is 6.15. The van der Waals surface area contributed by atoms with Gasteiger partial charge in [-0.05, 0) is 36.8 Å². The predicted octanol–water partition coefficient (Wildman–Crippen LogP) is 3.10. The van der Waals surface area contributed by atoms with Gasteiger partial charge in [-0.25, -0.2) is 14.8 Å². The number of piperazine rings is 1. The van der Waals surface area contributed by atoms with Crippen LogP contribution in [0.5, 0.6) is 11.6 Å². The first-order valence-corrected chi connectivity index (χ1v) is 11.8. The highest BCUT2D eigenvalue weighted by Gasteiger charge is 2.34. The molecule has 0 aliphatic carbocycles. The lowest BCUT2D eigenvalue weighted by molar-refractivity contribution is 0.0586. The molecule has 4 heterocycles. The van der Waals surface area contributed by atoms with Crippen LogP contribution in [0.4, 0.5) is 5.69 Å². The van der Waals surface area contributed by atoms with E-state index in [1.807, 2.05) is 23.1 Å². The molecule has 0 spiro atoms. The number of hydrogen-bond donors (Lipinski definition) is 0. The van der Waals surface area contributed by atoms with E-state index in [1.54, 1.807) is 19.4 Å². The monoisotopic (exact) mass is 476 g/mol. The third-order valence-electron chi connectivity index (χ3n) is 6.72. The third kappa shape index (κ3) is 4.22. The van der Waals surface area contributed by atoms with Gasteiger partial charge >= 0.3 is 5.97 Å². The molecule has 2 aliphatic heterocycles. The van der Waals surface area contributed by atoms with Crippen LogP contribution in [0.25, 0.3) is 10.9 Å². The fourth-order valence-corrected chi connectivity index (χ4v) is 4.81. The van der Waals surface area contributed by atoms with Crippen molar-refractivity contribution in [1.29, 1.82) is 0 Å². The molecular weight excluding hydrogens is 448 g/mol. The van der Waals surface area contributed by atoms with E-state index in [0.717, 1.165) is 23.1 Å². The number of aryl methyl sites for hydroxylation is 1. The van der Waals surface area contributed by atoms with Crippen LogP contribution in [0.15, 0.2) is 36.5 Å². The Morgan fingerprint density at radius 1 is 1.20 bits per heavy atom. The highest BCUT2D eigenvalue weighted by Crippen LogP contribution is 2.33. The summed E-state index contributed by atoms with van der Waals surface area (Å²) in [5.74, 6) is 0.663. The number of benzene rings is 1. The predicted molar refractivity (Wildman–Crippen MR) is 130 cm³/mol. The number of fused-ring (bicyclic) bond motifs is 3. The first kappa shape index (κ1) is 22.9. The fourth-order valence-electron chi connectivity index (χ4n) is 4.81. The summed E-state index contributed by atoms with van der Waals surface area (Å²) in [6.07, 6.45) is 3.19. The van der Waals surface area contributed by atoms with E-state index >= 15 is 0 Å². The van der Waals surface area contributed by atoms with Crippen molar-refractivity contribution in [3.63, 3.8) is 0 Å². The molecule has 1 aromatic carbocycles. The highest BCUT2D eigenvalue weighted by molar-refractivity contribution is 6.01. The second-order valence-electron chi connectivity index (χ2n) is 8.68. The van der Waals surface area contributed by atoms with Gasteiger partial charge in [-0.3, -0.25) is 4.79 Å². The molecule has 1 unspecified atom stereocenters. The number of hydrogen-bond acceptors (Lipinski definition) is 8. The maximum absolute atomic E-state index is 13.6. The average molecular weight is 477 g/mol. The largest absolute Gasteiger partial charge is 0.493 e. The van der Waals surface area contributed by atoms with Crippen LogP contribution < -0.4 is 14.4 Å². The first-order chi connectivity index (χ1) is 17.0. The lowest BCUT2D eigenvalue weighted by Gasteiger charge is -2.43. The number of nitrogens with zero attached hydrogens (tertiary/aromatic N) is 4. The van der Waals surface area contributed by atoms with E-state index in [4.69, 9.17) is 14.2 Å².